The van der Waals surface area contributed by atoms with Gasteiger partial charge in [-0.15, -0.1) is 16.0 Å². The maximum atomic E-state index is 11.6. The summed E-state index contributed by atoms with van der Waals surface area (Å²) < 4.78 is 40.0. The molecule has 2 aromatic carbocycles. The summed E-state index contributed by atoms with van der Waals surface area (Å²) in [7, 11) is -4.38. The predicted octanol–water partition coefficient (Wildman–Crippen LogP) is 2.64. The first-order valence-corrected chi connectivity index (χ1v) is 14.8. The number of piperidine rings is 1. The molecule has 0 saturated carbocycles. The fourth-order valence-corrected chi connectivity index (χ4v) is 6.18. The van der Waals surface area contributed by atoms with Gasteiger partial charge in [0.2, 0.25) is 0 Å². The van der Waals surface area contributed by atoms with Crippen LogP contribution in [0.1, 0.15) is 35.9 Å². The van der Waals surface area contributed by atoms with Crippen molar-refractivity contribution in [2.24, 2.45) is 0 Å². The number of rotatable bonds is 8. The van der Waals surface area contributed by atoms with E-state index in [9.17, 15) is 22.9 Å². The Morgan fingerprint density at radius 2 is 2.00 bits per heavy atom. The highest BCUT2D eigenvalue weighted by atomic mass is 32.2. The molecule has 0 amide bonds. The average molecular weight is 586 g/mol. The highest BCUT2D eigenvalue weighted by molar-refractivity contribution is 7.85. The van der Waals surface area contributed by atoms with Gasteiger partial charge in [0.05, 0.1) is 16.2 Å². The molecule has 210 valence electrons. The Balaban J connectivity index is 1.75. The van der Waals surface area contributed by atoms with Crippen molar-refractivity contribution in [1.29, 1.82) is 0 Å². The number of ether oxygens (including phenoxy) is 1. The molecule has 0 spiro atoms. The average Bonchev–Trinajstić information content (AvgIpc) is 3.53. The van der Waals surface area contributed by atoms with Crippen LogP contribution < -0.4 is 14.7 Å². The van der Waals surface area contributed by atoms with Crippen molar-refractivity contribution in [3.8, 4) is 27.7 Å². The molecule has 1 aliphatic heterocycles. The largest absolute Gasteiger partial charge is 0.479 e. The number of hydrogen-bond donors (Lipinski definition) is 3. The molecule has 5 rings (SSSR count). The Bertz CT molecular complexity index is 1650. The van der Waals surface area contributed by atoms with Gasteiger partial charge in [-0.3, -0.25) is 4.55 Å². The number of nitrogens with one attached hydrogen (secondary N) is 1. The minimum Gasteiger partial charge on any atom is -0.479 e. The number of benzene rings is 2. The molecule has 12 nitrogen and oxygen atoms in total. The summed E-state index contributed by atoms with van der Waals surface area (Å²) in [6.07, 6.45) is 3.41. The zero-order valence-corrected chi connectivity index (χ0v) is 23.8. The van der Waals surface area contributed by atoms with Gasteiger partial charge in [0, 0.05) is 16.8 Å². The van der Waals surface area contributed by atoms with Crippen molar-refractivity contribution in [1.82, 2.24) is 25.4 Å². The molecule has 1 atom stereocenters. The van der Waals surface area contributed by atoms with Crippen LogP contribution in [0.2, 0.25) is 0 Å². The van der Waals surface area contributed by atoms with Crippen LogP contribution in [0.15, 0.2) is 47.6 Å². The van der Waals surface area contributed by atoms with Gasteiger partial charge in [0.15, 0.2) is 23.3 Å². The van der Waals surface area contributed by atoms with Gasteiger partial charge >= 0.3 is 5.97 Å². The summed E-state index contributed by atoms with van der Waals surface area (Å²) in [6, 6.07) is 9.47. The molecule has 3 N–H and O–H groups in total. The van der Waals surface area contributed by atoms with E-state index < -0.39 is 22.7 Å². The van der Waals surface area contributed by atoms with E-state index in [0.717, 1.165) is 42.1 Å². The number of carboxylic acids is 1. The highest BCUT2D eigenvalue weighted by Gasteiger charge is 2.33. The minimum atomic E-state index is -4.38. The van der Waals surface area contributed by atoms with E-state index in [1.165, 1.54) is 46.7 Å². The Labute approximate surface area is 235 Å². The molecule has 3 heterocycles. The van der Waals surface area contributed by atoms with E-state index >= 15 is 0 Å². The molecule has 1 fully saturated rings. The van der Waals surface area contributed by atoms with Gasteiger partial charge < -0.3 is 15.2 Å². The SMILES string of the molecule is Cc1nc(-c2cc(C3(C)CCCNC3)cc(-[n+]3cnnn3-c3ccc(S(=O)(=O)O)cc3)c2OCC(=O)O)sc1C. The molecular weight excluding hydrogens is 556 g/mol. The van der Waals surface area contributed by atoms with Crippen molar-refractivity contribution < 1.29 is 32.3 Å². The minimum absolute atomic E-state index is 0.218. The number of aliphatic carboxylic acids is 1. The Morgan fingerprint density at radius 3 is 2.60 bits per heavy atom. The zero-order valence-electron chi connectivity index (χ0n) is 22.2. The molecule has 1 saturated heterocycles. The molecule has 14 heteroatoms. The first-order chi connectivity index (χ1) is 19.0. The normalized spacial score (nSPS) is 17.6. The van der Waals surface area contributed by atoms with Crippen LogP contribution in [0, 0.1) is 13.8 Å². The summed E-state index contributed by atoms with van der Waals surface area (Å²) in [5, 5.41) is 21.9. The fourth-order valence-electron chi connectivity index (χ4n) is 4.77. The quantitative estimate of drug-likeness (QED) is 0.207. The number of nitrogens with zero attached hydrogens (tertiary/aromatic N) is 5. The van der Waals surface area contributed by atoms with Crippen LogP contribution >= 0.6 is 11.3 Å². The van der Waals surface area contributed by atoms with Crippen molar-refractivity contribution in [3.63, 3.8) is 0 Å². The lowest BCUT2D eigenvalue weighted by molar-refractivity contribution is -0.680. The van der Waals surface area contributed by atoms with E-state index in [-0.39, 0.29) is 10.3 Å². The Hall–Kier alpha value is -3.72. The third kappa shape index (κ3) is 5.47. The third-order valence-corrected chi connectivity index (χ3v) is 9.05. The molecule has 0 radical (unpaired) electrons. The predicted molar refractivity (Wildman–Crippen MR) is 146 cm³/mol. The van der Waals surface area contributed by atoms with E-state index in [2.05, 4.69) is 22.6 Å². The van der Waals surface area contributed by atoms with Gasteiger partial charge in [-0.2, -0.15) is 8.42 Å². The molecule has 2 aromatic heterocycles. The van der Waals surface area contributed by atoms with Crippen molar-refractivity contribution in [2.75, 3.05) is 19.7 Å². The Morgan fingerprint density at radius 1 is 1.25 bits per heavy atom. The molecule has 1 unspecified atom stereocenters. The van der Waals surface area contributed by atoms with E-state index in [1.807, 2.05) is 26.0 Å². The molecule has 4 aromatic rings. The number of tetrazole rings is 1. The standard InChI is InChI=1S/C26H28N6O6S2/c1-16-17(2)39-25(29-16)21-11-18(26(3)9-4-10-27-14-26)12-22(24(21)38-13-23(33)34)31-15-28-30-32(31)19-5-7-20(8-6-19)40(35,36)37/h5-8,11-12,15,27H,4,9-10,13-14H2,1-3H3,(H-,33,34,35,36,37)/p+1. The molecule has 0 aliphatic carbocycles. The van der Waals surface area contributed by atoms with Crippen LogP contribution in [-0.2, 0) is 20.3 Å². The number of aromatic nitrogens is 5. The maximum Gasteiger partial charge on any atom is 0.341 e. The lowest BCUT2D eigenvalue weighted by Gasteiger charge is -2.35. The van der Waals surface area contributed by atoms with E-state index in [4.69, 9.17) is 9.72 Å². The van der Waals surface area contributed by atoms with E-state index in [1.54, 1.807) is 4.68 Å². The van der Waals surface area contributed by atoms with Crippen molar-refractivity contribution >= 4 is 27.4 Å². The lowest BCUT2D eigenvalue weighted by atomic mass is 9.76. The first-order valence-electron chi connectivity index (χ1n) is 12.6. The fraction of sp³-hybridized carbons (Fsp3) is 0.346. The molecule has 40 heavy (non-hydrogen) atoms. The third-order valence-electron chi connectivity index (χ3n) is 7.08. The topological polar surface area (TPSA) is 160 Å². The number of thiazole rings is 1. The van der Waals surface area contributed by atoms with E-state index in [0.29, 0.717) is 27.7 Å². The zero-order chi connectivity index (χ0) is 28.7. The highest BCUT2D eigenvalue weighted by Crippen LogP contribution is 2.42. The van der Waals surface area contributed by atoms with Gasteiger partial charge in [-0.25, -0.2) is 9.78 Å². The summed E-state index contributed by atoms with van der Waals surface area (Å²) in [5.41, 5.74) is 3.27. The molecule has 1 aliphatic rings. The summed E-state index contributed by atoms with van der Waals surface area (Å²) in [5.74, 6) is -0.830. The second kappa shape index (κ2) is 10.7. The van der Waals surface area contributed by atoms with Gasteiger partial charge in [-0.1, -0.05) is 6.92 Å². The summed E-state index contributed by atoms with van der Waals surface area (Å²) in [6.45, 7) is 7.21. The molecular formula is C26H29N6O6S2+. The van der Waals surface area contributed by atoms with Crippen molar-refractivity contribution in [3.05, 3.63) is 58.9 Å². The monoisotopic (exact) mass is 585 g/mol. The number of hydrogen-bond acceptors (Lipinski definition) is 9. The first kappa shape index (κ1) is 27.8. The van der Waals surface area contributed by atoms with Crippen LogP contribution in [-0.4, -0.2) is 63.8 Å². The van der Waals surface area contributed by atoms with Gasteiger partial charge in [0.25, 0.3) is 16.4 Å². The van der Waals surface area contributed by atoms with Gasteiger partial charge in [-0.05, 0) is 80.0 Å². The molecule has 0 bridgehead atoms. The summed E-state index contributed by atoms with van der Waals surface area (Å²) >= 11 is 1.50. The van der Waals surface area contributed by atoms with Crippen LogP contribution in [0.4, 0.5) is 0 Å². The van der Waals surface area contributed by atoms with Crippen molar-refractivity contribution in [2.45, 2.75) is 43.9 Å². The Kier molecular flexibility index (Phi) is 7.44. The number of aryl methyl sites for hydroxylation is 2. The van der Waals surface area contributed by atoms with Crippen LogP contribution in [0.3, 0.4) is 0 Å². The van der Waals surface area contributed by atoms with Crippen LogP contribution in [0.25, 0.3) is 21.9 Å². The number of carboxylic acid groups (broad SMARTS) is 1. The van der Waals surface area contributed by atoms with Crippen LogP contribution in [0.5, 0.6) is 5.75 Å². The maximum absolute atomic E-state index is 11.6. The smallest absolute Gasteiger partial charge is 0.341 e. The second-order valence-corrected chi connectivity index (χ2v) is 12.6. The summed E-state index contributed by atoms with van der Waals surface area (Å²) in [4.78, 5) is 18.6. The number of carbonyl (C=O) groups is 1. The lowest BCUT2D eigenvalue weighted by Crippen LogP contribution is -2.43. The van der Waals surface area contributed by atoms with Gasteiger partial charge in [0.1, 0.15) is 15.8 Å². The second-order valence-electron chi connectivity index (χ2n) is 9.98.